The van der Waals surface area contributed by atoms with E-state index in [1.54, 1.807) is 14.0 Å². The van der Waals surface area contributed by atoms with E-state index in [1.165, 1.54) is 13.8 Å². The fourth-order valence-corrected chi connectivity index (χ4v) is 9.80. The first-order valence-corrected chi connectivity index (χ1v) is 24.5. The third kappa shape index (κ3) is 13.6. The lowest BCUT2D eigenvalue weighted by molar-refractivity contribution is -0.137. The topological polar surface area (TPSA) is 373 Å². The van der Waals surface area contributed by atoms with Crippen LogP contribution in [0.25, 0.3) is 21.9 Å². The average molecular weight is 980 g/mol. The number of rotatable bonds is 22. The van der Waals surface area contributed by atoms with E-state index < -0.39 is 90.5 Å². The summed E-state index contributed by atoms with van der Waals surface area (Å²) in [5.74, 6) is -0.867. The first kappa shape index (κ1) is 51.1. The van der Waals surface area contributed by atoms with Crippen molar-refractivity contribution in [2.45, 2.75) is 63.8 Å². The largest absolute Gasteiger partial charge is 0.497 e. The Morgan fingerprint density at radius 3 is 2.38 bits per heavy atom. The van der Waals surface area contributed by atoms with E-state index in [1.807, 2.05) is 36.4 Å². The number of carbonyl (C=O) groups excluding carboxylic acids is 3. The van der Waals surface area contributed by atoms with Gasteiger partial charge in [-0.05, 0) is 28.5 Å². The molecule has 0 spiro atoms. The van der Waals surface area contributed by atoms with Crippen LogP contribution in [0.2, 0.25) is 0 Å². The molecule has 5 rings (SSSR count). The van der Waals surface area contributed by atoms with E-state index in [0.29, 0.717) is 5.75 Å². The van der Waals surface area contributed by atoms with Crippen LogP contribution in [0.4, 0.5) is 5.82 Å². The van der Waals surface area contributed by atoms with Crippen LogP contribution in [0.5, 0.6) is 5.75 Å². The number of phosphoric acid groups is 3. The van der Waals surface area contributed by atoms with Crippen molar-refractivity contribution >= 4 is 79.9 Å². The number of nitrogens with zero attached hydrogens (tertiary/aromatic N) is 4. The molecule has 1 aliphatic heterocycles. The minimum Gasteiger partial charge on any atom is -0.497 e. The van der Waals surface area contributed by atoms with Gasteiger partial charge in [-0.3, -0.25) is 32.5 Å². The molecule has 352 valence electrons. The highest BCUT2D eigenvalue weighted by molar-refractivity contribution is 8.13. The zero-order valence-electron chi connectivity index (χ0n) is 34.5. The molecule has 8 unspecified atom stereocenters. The maximum atomic E-state index is 12.8. The van der Waals surface area contributed by atoms with Crippen LogP contribution in [0.1, 0.15) is 44.9 Å². The molecule has 0 bridgehead atoms. The second-order valence-electron chi connectivity index (χ2n) is 14.9. The molecular weight excluding hydrogens is 931 g/mol. The second kappa shape index (κ2) is 21.1. The summed E-state index contributed by atoms with van der Waals surface area (Å²) in [6.07, 6.45) is -6.99. The number of aromatic nitrogens is 4. The summed E-state index contributed by atoms with van der Waals surface area (Å²) in [6.45, 7) is 2.21. The summed E-state index contributed by atoms with van der Waals surface area (Å²) >= 11 is 1.06. The number of phosphoric ester groups is 3. The highest BCUT2D eigenvalue weighted by Gasteiger charge is 2.50. The zero-order chi connectivity index (χ0) is 47.2. The predicted octanol–water partition coefficient (Wildman–Crippen LogP) is 1.63. The van der Waals surface area contributed by atoms with Crippen LogP contribution >= 0.6 is 35.2 Å². The molecule has 1 aliphatic rings. The van der Waals surface area contributed by atoms with Gasteiger partial charge in [0.05, 0.1) is 32.6 Å². The summed E-state index contributed by atoms with van der Waals surface area (Å²) in [7, 11) is -14.9. The monoisotopic (exact) mass is 979 g/mol. The van der Waals surface area contributed by atoms with Gasteiger partial charge in [0, 0.05) is 30.7 Å². The van der Waals surface area contributed by atoms with E-state index in [2.05, 4.69) is 34.4 Å². The smallest absolute Gasteiger partial charge is 0.481 e. The van der Waals surface area contributed by atoms with E-state index >= 15 is 0 Å². The highest BCUT2D eigenvalue weighted by Crippen LogP contribution is 2.61. The lowest BCUT2D eigenvalue weighted by atomic mass is 9.87. The van der Waals surface area contributed by atoms with Crippen LogP contribution in [0.3, 0.4) is 0 Å². The molecule has 2 amide bonds. The van der Waals surface area contributed by atoms with E-state index in [4.69, 9.17) is 24.3 Å². The molecule has 2 aromatic carbocycles. The standard InChI is InChI=1S/C35H48N7O18P3S/c1-19(20-5-6-22-14-23(55-4)8-7-21(22)13-20)34(47)64-12-11-37-25(43)9-10-38-32(46)29(45)35(2,3)16-57-63(53,54)60-62(51,52)56-15-24-28(59-61(48,49)50)27(44)33(58-24)42-18-41-26-30(36)39-17-40-31(26)42/h5-8,13-14,17-19,24,27-29,33,44-45H,9-12,15-16H2,1-4H3,(H,37,43)(H,38,46)(H,51,52)(H,53,54)(H2,36,39,40)(H2,48,49,50). The van der Waals surface area contributed by atoms with Gasteiger partial charge in [0.1, 0.15) is 42.0 Å². The van der Waals surface area contributed by atoms with Crippen LogP contribution < -0.4 is 21.1 Å². The molecule has 0 aliphatic carbocycles. The molecule has 0 saturated carbocycles. The fraction of sp³-hybridized carbons (Fsp3) is 0.486. The third-order valence-corrected chi connectivity index (χ3v) is 13.8. The van der Waals surface area contributed by atoms with Crippen molar-refractivity contribution in [2.75, 3.05) is 44.9 Å². The molecule has 1 saturated heterocycles. The number of nitrogens with two attached hydrogens (primary N) is 1. The van der Waals surface area contributed by atoms with Gasteiger partial charge in [0.15, 0.2) is 22.8 Å². The summed E-state index contributed by atoms with van der Waals surface area (Å²) < 4.78 is 67.6. The van der Waals surface area contributed by atoms with Gasteiger partial charge in [-0.2, -0.15) is 4.31 Å². The van der Waals surface area contributed by atoms with Gasteiger partial charge in [0.2, 0.25) is 11.8 Å². The van der Waals surface area contributed by atoms with Gasteiger partial charge in [0.25, 0.3) is 0 Å². The van der Waals surface area contributed by atoms with Crippen molar-refractivity contribution in [3.8, 4) is 5.75 Å². The summed E-state index contributed by atoms with van der Waals surface area (Å²) in [6, 6.07) is 11.4. The van der Waals surface area contributed by atoms with E-state index in [9.17, 15) is 57.9 Å². The van der Waals surface area contributed by atoms with Crippen LogP contribution in [-0.4, -0.2) is 130 Å². The maximum Gasteiger partial charge on any atom is 0.481 e. The number of thioether (sulfide) groups is 1. The first-order chi connectivity index (χ1) is 29.9. The molecule has 0 radical (unpaired) electrons. The molecule has 8 atom stereocenters. The van der Waals surface area contributed by atoms with Crippen molar-refractivity contribution in [3.05, 3.63) is 54.6 Å². The first-order valence-electron chi connectivity index (χ1n) is 19.0. The molecule has 3 heterocycles. The number of amides is 2. The van der Waals surface area contributed by atoms with E-state index in [0.717, 1.165) is 51.1 Å². The number of nitrogens with one attached hydrogen (secondary N) is 2. The molecule has 64 heavy (non-hydrogen) atoms. The summed E-state index contributed by atoms with van der Waals surface area (Å²) in [5, 5.41) is 28.4. The number of imidazole rings is 1. The van der Waals surface area contributed by atoms with Gasteiger partial charge in [-0.1, -0.05) is 56.8 Å². The van der Waals surface area contributed by atoms with Crippen molar-refractivity contribution in [3.63, 3.8) is 0 Å². The van der Waals surface area contributed by atoms with Crippen molar-refractivity contribution < 1.29 is 85.2 Å². The molecule has 1 fully saturated rings. The molecular formula is C35H48N7O18P3S. The minimum absolute atomic E-state index is 0.0270. The number of methoxy groups -OCH3 is 1. The number of anilines is 1. The fourth-order valence-electron chi connectivity index (χ4n) is 6.18. The van der Waals surface area contributed by atoms with Crippen molar-refractivity contribution in [2.24, 2.45) is 5.41 Å². The van der Waals surface area contributed by atoms with Gasteiger partial charge < -0.3 is 55.6 Å². The number of aliphatic hydroxyl groups excluding tert-OH is 2. The van der Waals surface area contributed by atoms with Crippen molar-refractivity contribution in [1.82, 2.24) is 30.2 Å². The van der Waals surface area contributed by atoms with E-state index in [-0.39, 0.29) is 41.6 Å². The van der Waals surface area contributed by atoms with Crippen LogP contribution in [0, 0.1) is 5.41 Å². The Hall–Kier alpha value is -3.94. The Kier molecular flexibility index (Phi) is 16.9. The molecule has 29 heteroatoms. The van der Waals surface area contributed by atoms with Crippen LogP contribution in [0.15, 0.2) is 49.1 Å². The summed E-state index contributed by atoms with van der Waals surface area (Å²) in [4.78, 5) is 89.0. The number of ether oxygens (including phenoxy) is 2. The summed E-state index contributed by atoms with van der Waals surface area (Å²) in [5.41, 5.74) is 5.09. The molecule has 10 N–H and O–H groups in total. The average Bonchev–Trinajstić information content (AvgIpc) is 3.79. The Labute approximate surface area is 368 Å². The Morgan fingerprint density at radius 1 is 0.984 bits per heavy atom. The number of benzene rings is 2. The van der Waals surface area contributed by atoms with Crippen LogP contribution in [-0.2, 0) is 50.7 Å². The predicted molar refractivity (Wildman–Crippen MR) is 226 cm³/mol. The zero-order valence-corrected chi connectivity index (χ0v) is 38.0. The highest BCUT2D eigenvalue weighted by atomic mass is 32.2. The number of nitrogen functional groups attached to an aromatic ring is 1. The Bertz CT molecular complexity index is 2480. The third-order valence-electron chi connectivity index (χ3n) is 9.67. The number of hydrogen-bond donors (Lipinski definition) is 9. The number of aliphatic hydroxyl groups is 2. The second-order valence-corrected chi connectivity index (χ2v) is 20.3. The Morgan fingerprint density at radius 2 is 1.67 bits per heavy atom. The normalized spacial score (nSPS) is 20.9. The maximum absolute atomic E-state index is 12.8. The molecule has 2 aromatic heterocycles. The van der Waals surface area contributed by atoms with Gasteiger partial charge in [-0.15, -0.1) is 0 Å². The van der Waals surface area contributed by atoms with Gasteiger partial charge >= 0.3 is 23.5 Å². The number of carbonyl (C=O) groups is 3. The minimum atomic E-state index is -5.59. The Balaban J connectivity index is 1.03. The number of fused-ring (bicyclic) bond motifs is 2. The van der Waals surface area contributed by atoms with Crippen molar-refractivity contribution in [1.29, 1.82) is 0 Å². The SMILES string of the molecule is COc1ccc2cc(C(C)C(=O)SCCNC(=O)CCNC(=O)C(O)C(C)(C)COP(=O)(O)OP(=O)(O)OCC3OC(n4cnc5c(N)ncnc54)C(O)C3OP(=O)(O)O)ccc2c1. The lowest BCUT2D eigenvalue weighted by Crippen LogP contribution is -2.46. The number of hydrogen-bond acceptors (Lipinski definition) is 19. The molecule has 4 aromatic rings. The lowest BCUT2D eigenvalue weighted by Gasteiger charge is -2.30. The quantitative estimate of drug-likeness (QED) is 0.0399. The van der Waals surface area contributed by atoms with Gasteiger partial charge in [-0.25, -0.2) is 28.6 Å². The molecule has 25 nitrogen and oxygen atoms in total.